The van der Waals surface area contributed by atoms with Gasteiger partial charge < -0.3 is 15.2 Å². The first-order valence-corrected chi connectivity index (χ1v) is 9.85. The third kappa shape index (κ3) is 9.15. The van der Waals surface area contributed by atoms with Gasteiger partial charge in [0, 0.05) is 24.1 Å². The van der Waals surface area contributed by atoms with Crippen molar-refractivity contribution in [2.24, 2.45) is 0 Å². The molecule has 0 aliphatic heterocycles. The van der Waals surface area contributed by atoms with Crippen LogP contribution in [0.25, 0.3) is 0 Å². The summed E-state index contributed by atoms with van der Waals surface area (Å²) < 4.78 is 27.3. The van der Waals surface area contributed by atoms with E-state index in [2.05, 4.69) is 10.3 Å². The first-order chi connectivity index (χ1) is 9.88. The summed E-state index contributed by atoms with van der Waals surface area (Å²) in [5.74, 6) is 0.167. The van der Waals surface area contributed by atoms with Crippen LogP contribution in [0.1, 0.15) is 17.0 Å². The summed E-state index contributed by atoms with van der Waals surface area (Å²) in [7, 11) is -2.90. The van der Waals surface area contributed by atoms with E-state index in [9.17, 15) is 13.5 Å². The molecule has 0 fully saturated rings. The molecule has 0 spiro atoms. The normalized spacial score (nSPS) is 13.5. The van der Waals surface area contributed by atoms with E-state index in [1.807, 2.05) is 12.4 Å². The lowest BCUT2D eigenvalue weighted by Crippen LogP contribution is -2.31. The number of rotatable bonds is 11. The van der Waals surface area contributed by atoms with E-state index in [1.165, 1.54) is 11.1 Å². The molecule has 1 aromatic rings. The maximum absolute atomic E-state index is 10.9. The van der Waals surface area contributed by atoms with Crippen molar-refractivity contribution in [2.45, 2.75) is 25.9 Å². The highest BCUT2D eigenvalue weighted by molar-refractivity contribution is 7.90. The predicted octanol–water partition coefficient (Wildman–Crippen LogP) is 0.396. The Morgan fingerprint density at radius 2 is 2.29 bits per heavy atom. The molecule has 0 aromatic carbocycles. The number of aromatic nitrogens is 1. The second-order valence-electron chi connectivity index (χ2n) is 5.03. The van der Waals surface area contributed by atoms with Crippen molar-refractivity contribution < 1.29 is 18.3 Å². The number of hydrogen-bond acceptors (Lipinski definition) is 7. The Labute approximate surface area is 130 Å². The number of aliphatic hydroxyl groups excluding tert-OH is 1. The minimum absolute atomic E-state index is 0.167. The van der Waals surface area contributed by atoms with Crippen molar-refractivity contribution in [3.8, 4) is 0 Å². The van der Waals surface area contributed by atoms with Crippen molar-refractivity contribution >= 4 is 21.2 Å². The van der Waals surface area contributed by atoms with Crippen LogP contribution in [0.5, 0.6) is 0 Å². The van der Waals surface area contributed by atoms with E-state index in [0.29, 0.717) is 26.1 Å². The summed E-state index contributed by atoms with van der Waals surface area (Å²) in [6.07, 6.45) is 2.01. The van der Waals surface area contributed by atoms with Gasteiger partial charge in [0.05, 0.1) is 36.3 Å². The SMILES string of the molecule is Cc1ncsc1CCOCC(O)CNCCCS(C)(=O)=O. The number of hydrogen-bond donors (Lipinski definition) is 2. The molecule has 1 heterocycles. The minimum atomic E-state index is -2.90. The average Bonchev–Trinajstić information content (AvgIpc) is 2.78. The molecule has 0 saturated carbocycles. The van der Waals surface area contributed by atoms with Crippen molar-refractivity contribution in [3.63, 3.8) is 0 Å². The van der Waals surface area contributed by atoms with Gasteiger partial charge in [-0.3, -0.25) is 0 Å². The molecule has 8 heteroatoms. The van der Waals surface area contributed by atoms with Gasteiger partial charge in [0.15, 0.2) is 0 Å². The van der Waals surface area contributed by atoms with E-state index >= 15 is 0 Å². The third-order valence-electron chi connectivity index (χ3n) is 2.88. The van der Waals surface area contributed by atoms with Gasteiger partial charge in [-0.25, -0.2) is 13.4 Å². The van der Waals surface area contributed by atoms with E-state index in [4.69, 9.17) is 4.74 Å². The minimum Gasteiger partial charge on any atom is -0.389 e. The van der Waals surface area contributed by atoms with Crippen LogP contribution in [0.15, 0.2) is 5.51 Å². The Hall–Kier alpha value is -0.540. The first kappa shape index (κ1) is 18.5. The monoisotopic (exact) mass is 336 g/mol. The molecule has 21 heavy (non-hydrogen) atoms. The molecule has 0 amide bonds. The molecular weight excluding hydrogens is 312 g/mol. The maximum Gasteiger partial charge on any atom is 0.147 e. The third-order valence-corrected chi connectivity index (χ3v) is 4.90. The molecule has 1 aromatic heterocycles. The van der Waals surface area contributed by atoms with Crippen molar-refractivity contribution in [1.29, 1.82) is 0 Å². The fourth-order valence-electron chi connectivity index (χ4n) is 1.74. The topological polar surface area (TPSA) is 88.5 Å². The summed E-state index contributed by atoms with van der Waals surface area (Å²) in [6.45, 7) is 3.79. The molecule has 1 atom stereocenters. The van der Waals surface area contributed by atoms with Gasteiger partial charge in [-0.05, 0) is 19.9 Å². The summed E-state index contributed by atoms with van der Waals surface area (Å²) in [5.41, 5.74) is 2.86. The van der Waals surface area contributed by atoms with Crippen LogP contribution in [0, 0.1) is 6.92 Å². The molecule has 0 bridgehead atoms. The van der Waals surface area contributed by atoms with Crippen LogP contribution in [-0.4, -0.2) is 62.9 Å². The Morgan fingerprint density at radius 1 is 1.52 bits per heavy atom. The summed E-state index contributed by atoms with van der Waals surface area (Å²) in [5, 5.41) is 12.7. The number of sulfone groups is 1. The average molecular weight is 336 g/mol. The zero-order valence-electron chi connectivity index (χ0n) is 12.5. The Kier molecular flexibility index (Phi) is 8.35. The largest absolute Gasteiger partial charge is 0.389 e. The van der Waals surface area contributed by atoms with Gasteiger partial charge in [0.25, 0.3) is 0 Å². The second-order valence-corrected chi connectivity index (χ2v) is 8.23. The Morgan fingerprint density at radius 3 is 2.90 bits per heavy atom. The Bertz CT molecular complexity index is 502. The molecule has 1 unspecified atom stereocenters. The van der Waals surface area contributed by atoms with Gasteiger partial charge in [0.1, 0.15) is 9.84 Å². The number of nitrogens with zero attached hydrogens (tertiary/aromatic N) is 1. The quantitative estimate of drug-likeness (QED) is 0.569. The lowest BCUT2D eigenvalue weighted by molar-refractivity contribution is 0.0386. The van der Waals surface area contributed by atoms with E-state index in [0.717, 1.165) is 12.1 Å². The lowest BCUT2D eigenvalue weighted by atomic mass is 10.3. The molecule has 0 aliphatic rings. The van der Waals surface area contributed by atoms with Crippen LogP contribution in [0.2, 0.25) is 0 Å². The highest BCUT2D eigenvalue weighted by atomic mass is 32.2. The van der Waals surface area contributed by atoms with E-state index in [-0.39, 0.29) is 12.4 Å². The van der Waals surface area contributed by atoms with E-state index < -0.39 is 15.9 Å². The standard InChI is InChI=1S/C13H24N2O4S2/c1-11-13(20-10-15-11)4-6-19-9-12(16)8-14-5-3-7-21(2,17)18/h10,12,14,16H,3-9H2,1-2H3. The van der Waals surface area contributed by atoms with Crippen LogP contribution >= 0.6 is 11.3 Å². The molecule has 2 N–H and O–H groups in total. The summed E-state index contributed by atoms with van der Waals surface area (Å²) in [6, 6.07) is 0. The summed E-state index contributed by atoms with van der Waals surface area (Å²) >= 11 is 1.61. The van der Waals surface area contributed by atoms with Crippen LogP contribution in [0.3, 0.4) is 0 Å². The number of aliphatic hydroxyl groups is 1. The van der Waals surface area contributed by atoms with Gasteiger partial charge in [-0.1, -0.05) is 0 Å². The smallest absolute Gasteiger partial charge is 0.147 e. The summed E-state index contributed by atoms with van der Waals surface area (Å²) in [4.78, 5) is 5.38. The molecule has 6 nitrogen and oxygen atoms in total. The van der Waals surface area contributed by atoms with Gasteiger partial charge in [-0.15, -0.1) is 11.3 Å². The highest BCUT2D eigenvalue weighted by Gasteiger charge is 2.06. The number of nitrogens with one attached hydrogen (secondary N) is 1. The van der Waals surface area contributed by atoms with Gasteiger partial charge in [-0.2, -0.15) is 0 Å². The first-order valence-electron chi connectivity index (χ1n) is 6.91. The van der Waals surface area contributed by atoms with Gasteiger partial charge >= 0.3 is 0 Å². The van der Waals surface area contributed by atoms with Crippen LogP contribution in [0.4, 0.5) is 0 Å². The fraction of sp³-hybridized carbons (Fsp3) is 0.769. The zero-order valence-corrected chi connectivity index (χ0v) is 14.2. The zero-order chi connectivity index (χ0) is 15.7. The molecule has 1 rings (SSSR count). The molecular formula is C13H24N2O4S2. The highest BCUT2D eigenvalue weighted by Crippen LogP contribution is 2.12. The number of ether oxygens (including phenoxy) is 1. The van der Waals surface area contributed by atoms with Crippen LogP contribution in [-0.2, 0) is 21.0 Å². The molecule has 0 saturated heterocycles. The fourth-order valence-corrected chi connectivity index (χ4v) is 3.17. The molecule has 122 valence electrons. The molecule has 0 radical (unpaired) electrons. The van der Waals surface area contributed by atoms with Crippen molar-refractivity contribution in [1.82, 2.24) is 10.3 Å². The number of thiazole rings is 1. The van der Waals surface area contributed by atoms with Crippen molar-refractivity contribution in [2.75, 3.05) is 38.3 Å². The van der Waals surface area contributed by atoms with E-state index in [1.54, 1.807) is 11.3 Å². The Balaban J connectivity index is 1.99. The molecule has 0 aliphatic carbocycles. The second kappa shape index (κ2) is 9.47. The van der Waals surface area contributed by atoms with Crippen LogP contribution < -0.4 is 5.32 Å². The number of aryl methyl sites for hydroxylation is 1. The maximum atomic E-state index is 10.9. The van der Waals surface area contributed by atoms with Gasteiger partial charge in [0.2, 0.25) is 0 Å². The van der Waals surface area contributed by atoms with Crippen molar-refractivity contribution in [3.05, 3.63) is 16.1 Å². The lowest BCUT2D eigenvalue weighted by Gasteiger charge is -2.12. The predicted molar refractivity (Wildman–Crippen MR) is 84.6 cm³/mol.